The molecule has 2 N–H and O–H groups in total. The maximum Gasteiger partial charge on any atom is 0.241 e. The fourth-order valence-electron chi connectivity index (χ4n) is 2.46. The van der Waals surface area contributed by atoms with E-state index >= 15 is 0 Å². The molecular formula is C14H17ClN2O3. The minimum atomic E-state index is -0.145. The summed E-state index contributed by atoms with van der Waals surface area (Å²) in [5.74, 6) is 1.19. The summed E-state index contributed by atoms with van der Waals surface area (Å²) in [6, 6.07) is 3.25. The summed E-state index contributed by atoms with van der Waals surface area (Å²) < 4.78 is 10.9. The van der Waals surface area contributed by atoms with E-state index in [4.69, 9.17) is 21.1 Å². The molecule has 1 atom stereocenters. The molecule has 1 fully saturated rings. The molecule has 2 aliphatic heterocycles. The van der Waals surface area contributed by atoms with Crippen LogP contribution in [0.25, 0.3) is 0 Å². The first-order chi connectivity index (χ1) is 9.74. The summed E-state index contributed by atoms with van der Waals surface area (Å²) in [6.07, 6.45) is 3.04. The lowest BCUT2D eigenvalue weighted by Gasteiger charge is -2.24. The Labute approximate surface area is 122 Å². The third-order valence-corrected chi connectivity index (χ3v) is 3.83. The first kappa shape index (κ1) is 13.5. The highest BCUT2D eigenvalue weighted by Crippen LogP contribution is 2.38. The molecule has 1 saturated heterocycles. The molecule has 0 aliphatic carbocycles. The molecule has 3 rings (SSSR count). The Bertz CT molecular complexity index is 515. The lowest BCUT2D eigenvalue weighted by Crippen LogP contribution is -2.43. The summed E-state index contributed by atoms with van der Waals surface area (Å²) in [5, 5.41) is 6.53. The molecule has 2 aliphatic rings. The smallest absolute Gasteiger partial charge is 0.241 e. The molecule has 2 heterocycles. The van der Waals surface area contributed by atoms with Crippen LogP contribution in [0.4, 0.5) is 5.69 Å². The number of hydrogen-bond acceptors (Lipinski definition) is 4. The molecule has 108 valence electrons. The number of carbonyl (C=O) groups is 1. The van der Waals surface area contributed by atoms with Crippen molar-refractivity contribution in [3.63, 3.8) is 0 Å². The molecule has 1 aromatic carbocycles. The number of halogens is 1. The lowest BCUT2D eigenvalue weighted by molar-refractivity contribution is -0.118. The predicted octanol–water partition coefficient (Wildman–Crippen LogP) is 2.19. The first-order valence-corrected chi connectivity index (χ1v) is 7.25. The van der Waals surface area contributed by atoms with Crippen molar-refractivity contribution in [1.29, 1.82) is 0 Å². The number of rotatable bonds is 2. The fraction of sp³-hybridized carbons (Fsp3) is 0.500. The van der Waals surface area contributed by atoms with Gasteiger partial charge in [-0.3, -0.25) is 4.79 Å². The molecule has 1 unspecified atom stereocenters. The average molecular weight is 297 g/mol. The zero-order valence-corrected chi connectivity index (χ0v) is 11.8. The molecule has 1 amide bonds. The van der Waals surface area contributed by atoms with Crippen LogP contribution in [0.3, 0.4) is 0 Å². The van der Waals surface area contributed by atoms with Crippen LogP contribution in [0.5, 0.6) is 11.5 Å². The second-order valence-corrected chi connectivity index (χ2v) is 5.37. The summed E-state index contributed by atoms with van der Waals surface area (Å²) in [6.45, 7) is 1.90. The first-order valence-electron chi connectivity index (χ1n) is 6.87. The number of nitrogens with one attached hydrogen (secondary N) is 2. The van der Waals surface area contributed by atoms with Crippen LogP contribution in [0, 0.1) is 0 Å². The minimum absolute atomic E-state index is 0.0525. The fourth-order valence-corrected chi connectivity index (χ4v) is 2.66. The molecule has 0 aromatic heterocycles. The average Bonchev–Trinajstić information content (AvgIpc) is 2.49. The van der Waals surface area contributed by atoms with Gasteiger partial charge in [-0.1, -0.05) is 18.0 Å². The number of ether oxygens (including phenoxy) is 2. The molecule has 0 bridgehead atoms. The Morgan fingerprint density at radius 1 is 1.25 bits per heavy atom. The molecular weight excluding hydrogens is 280 g/mol. The van der Waals surface area contributed by atoms with Crippen molar-refractivity contribution in [2.75, 3.05) is 25.1 Å². The van der Waals surface area contributed by atoms with Gasteiger partial charge in [-0.2, -0.15) is 0 Å². The van der Waals surface area contributed by atoms with E-state index in [1.807, 2.05) is 0 Å². The van der Waals surface area contributed by atoms with E-state index in [2.05, 4.69) is 10.6 Å². The normalized spacial score (nSPS) is 21.4. The number of piperidine rings is 1. The van der Waals surface area contributed by atoms with Crippen LogP contribution in [0.2, 0.25) is 5.02 Å². The van der Waals surface area contributed by atoms with Crippen LogP contribution in [-0.4, -0.2) is 31.7 Å². The molecule has 0 radical (unpaired) electrons. The molecule has 1 aromatic rings. The van der Waals surface area contributed by atoms with Gasteiger partial charge in [0.05, 0.1) is 16.8 Å². The van der Waals surface area contributed by atoms with Crippen LogP contribution >= 0.6 is 11.6 Å². The van der Waals surface area contributed by atoms with Gasteiger partial charge < -0.3 is 20.1 Å². The topological polar surface area (TPSA) is 59.6 Å². The van der Waals surface area contributed by atoms with E-state index in [1.165, 1.54) is 0 Å². The largest absolute Gasteiger partial charge is 0.486 e. The van der Waals surface area contributed by atoms with E-state index < -0.39 is 0 Å². The van der Waals surface area contributed by atoms with Crippen LogP contribution in [0.1, 0.15) is 19.3 Å². The highest BCUT2D eigenvalue weighted by Gasteiger charge is 2.22. The van der Waals surface area contributed by atoms with Gasteiger partial charge in [-0.15, -0.1) is 0 Å². The van der Waals surface area contributed by atoms with Crippen molar-refractivity contribution < 1.29 is 14.3 Å². The summed E-state index contributed by atoms with van der Waals surface area (Å²) in [4.78, 5) is 12.2. The van der Waals surface area contributed by atoms with Gasteiger partial charge in [0.1, 0.15) is 13.2 Å². The Morgan fingerprint density at radius 2 is 2.00 bits per heavy atom. The highest BCUT2D eigenvalue weighted by molar-refractivity contribution is 6.34. The van der Waals surface area contributed by atoms with E-state index in [1.54, 1.807) is 12.1 Å². The zero-order chi connectivity index (χ0) is 13.9. The monoisotopic (exact) mass is 296 g/mol. The van der Waals surface area contributed by atoms with Gasteiger partial charge in [0.15, 0.2) is 11.5 Å². The lowest BCUT2D eigenvalue weighted by atomic mass is 10.0. The van der Waals surface area contributed by atoms with Gasteiger partial charge >= 0.3 is 0 Å². The van der Waals surface area contributed by atoms with Crippen molar-refractivity contribution in [2.24, 2.45) is 0 Å². The van der Waals surface area contributed by atoms with E-state index in [0.717, 1.165) is 25.8 Å². The van der Waals surface area contributed by atoms with E-state index in [-0.39, 0.29) is 11.9 Å². The number of benzene rings is 1. The Hall–Kier alpha value is -1.46. The quantitative estimate of drug-likeness (QED) is 0.878. The second kappa shape index (κ2) is 5.89. The van der Waals surface area contributed by atoms with Crippen molar-refractivity contribution in [1.82, 2.24) is 5.32 Å². The van der Waals surface area contributed by atoms with Gasteiger partial charge in [-0.25, -0.2) is 0 Å². The molecule has 20 heavy (non-hydrogen) atoms. The number of carbonyl (C=O) groups excluding carboxylic acids is 1. The van der Waals surface area contributed by atoms with Gasteiger partial charge in [0.2, 0.25) is 5.91 Å². The summed E-state index contributed by atoms with van der Waals surface area (Å²) >= 11 is 6.17. The molecule has 5 nitrogen and oxygen atoms in total. The zero-order valence-electron chi connectivity index (χ0n) is 11.1. The standard InChI is InChI=1S/C14H17ClN2O3/c15-9-7-12-13(20-6-5-19-12)8-11(9)17-14(18)10-3-1-2-4-16-10/h7-8,10,16H,1-6H2,(H,17,18). The third-order valence-electron chi connectivity index (χ3n) is 3.52. The van der Waals surface area contributed by atoms with E-state index in [9.17, 15) is 4.79 Å². The SMILES string of the molecule is O=C(Nc1cc2c(cc1Cl)OCCO2)C1CCCCN1. The Balaban J connectivity index is 1.74. The molecule has 0 saturated carbocycles. The highest BCUT2D eigenvalue weighted by atomic mass is 35.5. The number of hydrogen-bond donors (Lipinski definition) is 2. The number of fused-ring (bicyclic) bond motifs is 1. The summed E-state index contributed by atoms with van der Waals surface area (Å²) in [5.41, 5.74) is 0.563. The van der Waals surface area contributed by atoms with Gasteiger partial charge in [-0.05, 0) is 19.4 Å². The number of anilines is 1. The Morgan fingerprint density at radius 3 is 2.70 bits per heavy atom. The molecule has 0 spiro atoms. The maximum atomic E-state index is 12.2. The van der Waals surface area contributed by atoms with E-state index in [0.29, 0.717) is 35.4 Å². The van der Waals surface area contributed by atoms with Crippen molar-refractivity contribution >= 4 is 23.2 Å². The van der Waals surface area contributed by atoms with Gasteiger partial charge in [0.25, 0.3) is 0 Å². The van der Waals surface area contributed by atoms with Crippen LogP contribution in [-0.2, 0) is 4.79 Å². The van der Waals surface area contributed by atoms with Crippen molar-refractivity contribution in [2.45, 2.75) is 25.3 Å². The Kier molecular flexibility index (Phi) is 3.98. The van der Waals surface area contributed by atoms with Gasteiger partial charge in [0, 0.05) is 12.1 Å². The third kappa shape index (κ3) is 2.83. The summed E-state index contributed by atoms with van der Waals surface area (Å²) in [7, 11) is 0. The molecule has 6 heteroatoms. The van der Waals surface area contributed by atoms with Crippen LogP contribution < -0.4 is 20.1 Å². The minimum Gasteiger partial charge on any atom is -0.486 e. The number of amides is 1. The van der Waals surface area contributed by atoms with Crippen molar-refractivity contribution in [3.8, 4) is 11.5 Å². The second-order valence-electron chi connectivity index (χ2n) is 4.97. The van der Waals surface area contributed by atoms with Crippen LogP contribution in [0.15, 0.2) is 12.1 Å². The maximum absolute atomic E-state index is 12.2. The van der Waals surface area contributed by atoms with Crippen molar-refractivity contribution in [3.05, 3.63) is 17.2 Å². The predicted molar refractivity (Wildman–Crippen MR) is 76.7 cm³/mol.